The number of nitrogens with zero attached hydrogens (tertiary/aromatic N) is 1. The van der Waals surface area contributed by atoms with Crippen LogP contribution in [0.3, 0.4) is 0 Å². The first-order valence-electron chi connectivity index (χ1n) is 5.60. The van der Waals surface area contributed by atoms with Gasteiger partial charge in [0, 0.05) is 30.9 Å². The highest BCUT2D eigenvalue weighted by atomic mass is 16.1. The fourth-order valence-electron chi connectivity index (χ4n) is 1.32. The standard InChI is InChI=1S/C12H19N3O/c1-10(13)7-9-15-12(16)6-5-11-4-2-3-8-14-11/h2-4,8,10H,5-7,9,13H2,1H3,(H,15,16). The summed E-state index contributed by atoms with van der Waals surface area (Å²) >= 11 is 0. The molecule has 1 heterocycles. The second kappa shape index (κ2) is 6.95. The van der Waals surface area contributed by atoms with Crippen molar-refractivity contribution >= 4 is 5.91 Å². The van der Waals surface area contributed by atoms with E-state index in [-0.39, 0.29) is 11.9 Å². The number of rotatable bonds is 6. The Kier molecular flexibility index (Phi) is 5.50. The summed E-state index contributed by atoms with van der Waals surface area (Å²) in [5, 5.41) is 2.84. The van der Waals surface area contributed by atoms with Crippen molar-refractivity contribution in [1.82, 2.24) is 10.3 Å². The first-order chi connectivity index (χ1) is 7.68. The van der Waals surface area contributed by atoms with Gasteiger partial charge < -0.3 is 11.1 Å². The van der Waals surface area contributed by atoms with Crippen LogP contribution < -0.4 is 11.1 Å². The average molecular weight is 221 g/mol. The van der Waals surface area contributed by atoms with E-state index in [1.807, 2.05) is 25.1 Å². The number of carbonyl (C=O) groups excluding carboxylic acids is 1. The summed E-state index contributed by atoms with van der Waals surface area (Å²) in [5.74, 6) is 0.0614. The van der Waals surface area contributed by atoms with Gasteiger partial charge in [0.05, 0.1) is 0 Å². The van der Waals surface area contributed by atoms with Crippen LogP contribution in [-0.4, -0.2) is 23.5 Å². The molecule has 0 aliphatic heterocycles. The van der Waals surface area contributed by atoms with Crippen molar-refractivity contribution < 1.29 is 4.79 Å². The number of aryl methyl sites for hydroxylation is 1. The fraction of sp³-hybridized carbons (Fsp3) is 0.500. The van der Waals surface area contributed by atoms with E-state index in [2.05, 4.69) is 10.3 Å². The van der Waals surface area contributed by atoms with Crippen LogP contribution in [0, 0.1) is 0 Å². The number of pyridine rings is 1. The molecule has 0 saturated carbocycles. The predicted molar refractivity (Wildman–Crippen MR) is 63.8 cm³/mol. The second-order valence-electron chi connectivity index (χ2n) is 3.94. The van der Waals surface area contributed by atoms with E-state index in [9.17, 15) is 4.79 Å². The van der Waals surface area contributed by atoms with Crippen molar-refractivity contribution in [1.29, 1.82) is 0 Å². The van der Waals surface area contributed by atoms with Crippen molar-refractivity contribution in [3.8, 4) is 0 Å². The van der Waals surface area contributed by atoms with Gasteiger partial charge in [0.15, 0.2) is 0 Å². The Morgan fingerprint density at radius 3 is 3.00 bits per heavy atom. The molecule has 0 radical (unpaired) electrons. The highest BCUT2D eigenvalue weighted by Crippen LogP contribution is 1.98. The molecule has 1 aromatic heterocycles. The smallest absolute Gasteiger partial charge is 0.220 e. The maximum atomic E-state index is 11.4. The number of hydrogen-bond donors (Lipinski definition) is 2. The summed E-state index contributed by atoms with van der Waals surface area (Å²) in [5.41, 5.74) is 6.53. The van der Waals surface area contributed by atoms with Crippen LogP contribution in [0.5, 0.6) is 0 Å². The molecule has 0 aliphatic rings. The van der Waals surface area contributed by atoms with E-state index in [0.29, 0.717) is 19.4 Å². The number of nitrogens with one attached hydrogen (secondary N) is 1. The lowest BCUT2D eigenvalue weighted by molar-refractivity contribution is -0.121. The zero-order valence-corrected chi connectivity index (χ0v) is 9.65. The molecule has 1 amide bonds. The second-order valence-corrected chi connectivity index (χ2v) is 3.94. The van der Waals surface area contributed by atoms with Crippen molar-refractivity contribution in [3.63, 3.8) is 0 Å². The topological polar surface area (TPSA) is 68.0 Å². The lowest BCUT2D eigenvalue weighted by atomic mass is 10.2. The number of aromatic nitrogens is 1. The third-order valence-corrected chi connectivity index (χ3v) is 2.26. The largest absolute Gasteiger partial charge is 0.356 e. The van der Waals surface area contributed by atoms with Crippen LogP contribution in [0.2, 0.25) is 0 Å². The molecule has 0 bridgehead atoms. The zero-order chi connectivity index (χ0) is 11.8. The Balaban J connectivity index is 2.16. The molecule has 4 nitrogen and oxygen atoms in total. The van der Waals surface area contributed by atoms with Gasteiger partial charge in [0.1, 0.15) is 0 Å². The Labute approximate surface area is 96.3 Å². The van der Waals surface area contributed by atoms with Gasteiger partial charge in [0.2, 0.25) is 5.91 Å². The minimum Gasteiger partial charge on any atom is -0.356 e. The minimum atomic E-state index is 0.0614. The van der Waals surface area contributed by atoms with Crippen molar-refractivity contribution in [2.45, 2.75) is 32.2 Å². The number of nitrogens with two attached hydrogens (primary N) is 1. The number of hydrogen-bond acceptors (Lipinski definition) is 3. The quantitative estimate of drug-likeness (QED) is 0.749. The van der Waals surface area contributed by atoms with Gasteiger partial charge in [-0.05, 0) is 31.9 Å². The van der Waals surface area contributed by atoms with Crippen molar-refractivity contribution in [2.24, 2.45) is 5.73 Å². The average Bonchev–Trinajstić information content (AvgIpc) is 2.27. The van der Waals surface area contributed by atoms with Gasteiger partial charge in [0.25, 0.3) is 0 Å². The SMILES string of the molecule is CC(N)CCNC(=O)CCc1ccccn1. The molecular weight excluding hydrogens is 202 g/mol. The first-order valence-corrected chi connectivity index (χ1v) is 5.60. The first kappa shape index (κ1) is 12.6. The van der Waals surface area contributed by atoms with Crippen LogP contribution in [0.25, 0.3) is 0 Å². The van der Waals surface area contributed by atoms with Crippen LogP contribution in [0.1, 0.15) is 25.5 Å². The third-order valence-electron chi connectivity index (χ3n) is 2.26. The molecule has 1 atom stereocenters. The van der Waals surface area contributed by atoms with E-state index in [1.54, 1.807) is 6.20 Å². The summed E-state index contributed by atoms with van der Waals surface area (Å²) in [4.78, 5) is 15.6. The van der Waals surface area contributed by atoms with Gasteiger partial charge in [-0.25, -0.2) is 0 Å². The van der Waals surface area contributed by atoms with Crippen LogP contribution in [0.4, 0.5) is 0 Å². The summed E-state index contributed by atoms with van der Waals surface area (Å²) in [6.07, 6.45) is 3.72. The molecule has 0 aromatic carbocycles. The van der Waals surface area contributed by atoms with E-state index in [1.165, 1.54) is 0 Å². The van der Waals surface area contributed by atoms with Crippen molar-refractivity contribution in [3.05, 3.63) is 30.1 Å². The molecule has 1 unspecified atom stereocenters. The zero-order valence-electron chi connectivity index (χ0n) is 9.65. The van der Waals surface area contributed by atoms with E-state index < -0.39 is 0 Å². The van der Waals surface area contributed by atoms with E-state index in [0.717, 1.165) is 12.1 Å². The Morgan fingerprint density at radius 1 is 1.56 bits per heavy atom. The van der Waals surface area contributed by atoms with Crippen LogP contribution in [-0.2, 0) is 11.2 Å². The Bertz CT molecular complexity index is 311. The van der Waals surface area contributed by atoms with E-state index in [4.69, 9.17) is 5.73 Å². The summed E-state index contributed by atoms with van der Waals surface area (Å²) in [6.45, 7) is 2.58. The molecule has 16 heavy (non-hydrogen) atoms. The number of carbonyl (C=O) groups is 1. The number of amides is 1. The molecule has 0 fully saturated rings. The molecule has 0 aliphatic carbocycles. The van der Waals surface area contributed by atoms with Crippen molar-refractivity contribution in [2.75, 3.05) is 6.54 Å². The lowest BCUT2D eigenvalue weighted by Crippen LogP contribution is -2.29. The van der Waals surface area contributed by atoms with Gasteiger partial charge in [-0.1, -0.05) is 6.07 Å². The molecule has 3 N–H and O–H groups in total. The van der Waals surface area contributed by atoms with Gasteiger partial charge in [-0.15, -0.1) is 0 Å². The highest BCUT2D eigenvalue weighted by molar-refractivity contribution is 5.76. The Morgan fingerprint density at radius 2 is 2.38 bits per heavy atom. The Hall–Kier alpha value is -1.42. The van der Waals surface area contributed by atoms with Crippen LogP contribution in [0.15, 0.2) is 24.4 Å². The summed E-state index contributed by atoms with van der Waals surface area (Å²) in [6, 6.07) is 5.86. The summed E-state index contributed by atoms with van der Waals surface area (Å²) < 4.78 is 0. The molecule has 0 spiro atoms. The van der Waals surface area contributed by atoms with E-state index >= 15 is 0 Å². The molecule has 1 rings (SSSR count). The molecule has 4 heteroatoms. The fourth-order valence-corrected chi connectivity index (χ4v) is 1.32. The summed E-state index contributed by atoms with van der Waals surface area (Å²) in [7, 11) is 0. The monoisotopic (exact) mass is 221 g/mol. The van der Waals surface area contributed by atoms with Gasteiger partial charge in [-0.2, -0.15) is 0 Å². The highest BCUT2D eigenvalue weighted by Gasteiger charge is 2.02. The normalized spacial score (nSPS) is 12.1. The predicted octanol–water partition coefficient (Wildman–Crippen LogP) is 0.868. The molecular formula is C12H19N3O. The molecule has 0 saturated heterocycles. The third kappa shape index (κ3) is 5.46. The maximum Gasteiger partial charge on any atom is 0.220 e. The molecule has 1 aromatic rings. The van der Waals surface area contributed by atoms with Crippen LogP contribution >= 0.6 is 0 Å². The van der Waals surface area contributed by atoms with Gasteiger partial charge in [-0.3, -0.25) is 9.78 Å². The molecule has 88 valence electrons. The maximum absolute atomic E-state index is 11.4. The minimum absolute atomic E-state index is 0.0614. The lowest BCUT2D eigenvalue weighted by Gasteiger charge is -2.06. The van der Waals surface area contributed by atoms with Gasteiger partial charge >= 0.3 is 0 Å².